The highest BCUT2D eigenvalue weighted by atomic mass is 16.5. The molecule has 0 radical (unpaired) electrons. The molecule has 0 spiro atoms. The van der Waals surface area contributed by atoms with Crippen LogP contribution in [0.4, 0.5) is 0 Å². The highest BCUT2D eigenvalue weighted by Gasteiger charge is 2.06. The molecule has 6 nitrogen and oxygen atoms in total. The van der Waals surface area contributed by atoms with E-state index in [1.807, 2.05) is 26.0 Å². The zero-order valence-corrected chi connectivity index (χ0v) is 14.0. The fraction of sp³-hybridized carbons (Fsp3) is 0.412. The van der Waals surface area contributed by atoms with Gasteiger partial charge in [0.1, 0.15) is 0 Å². The Labute approximate surface area is 136 Å². The van der Waals surface area contributed by atoms with Gasteiger partial charge in [0.25, 0.3) is 0 Å². The molecule has 0 aliphatic rings. The van der Waals surface area contributed by atoms with E-state index in [1.54, 1.807) is 19.3 Å². The van der Waals surface area contributed by atoms with Crippen molar-refractivity contribution in [3.8, 4) is 11.5 Å². The van der Waals surface area contributed by atoms with Gasteiger partial charge in [0.05, 0.1) is 13.2 Å². The summed E-state index contributed by atoms with van der Waals surface area (Å²) >= 11 is 0. The number of rotatable bonds is 8. The molecule has 0 aliphatic carbocycles. The molecule has 1 rings (SSSR count). The molecule has 0 aliphatic heterocycles. The third kappa shape index (κ3) is 7.35. The monoisotopic (exact) mass is 320 g/mol. The second-order valence-corrected chi connectivity index (χ2v) is 5.18. The van der Waals surface area contributed by atoms with Crippen LogP contribution in [0.3, 0.4) is 0 Å². The molecular formula is C17H24N2O4. The average molecular weight is 320 g/mol. The van der Waals surface area contributed by atoms with Crippen LogP contribution < -0.4 is 20.1 Å². The maximum atomic E-state index is 11.7. The number of ether oxygens (including phenoxy) is 2. The lowest BCUT2D eigenvalue weighted by Gasteiger charge is -2.13. The summed E-state index contributed by atoms with van der Waals surface area (Å²) in [6.07, 6.45) is 3.18. The molecule has 2 N–H and O–H groups in total. The molecule has 23 heavy (non-hydrogen) atoms. The molecule has 1 aromatic carbocycles. The van der Waals surface area contributed by atoms with Crippen molar-refractivity contribution in [1.82, 2.24) is 10.6 Å². The normalized spacial score (nSPS) is 10.7. The van der Waals surface area contributed by atoms with Gasteiger partial charge in [-0.2, -0.15) is 0 Å². The van der Waals surface area contributed by atoms with Crippen LogP contribution in [-0.4, -0.2) is 38.1 Å². The number of carbonyl (C=O) groups excluding carboxylic acids is 2. The van der Waals surface area contributed by atoms with Gasteiger partial charge in [-0.3, -0.25) is 9.59 Å². The lowest BCUT2D eigenvalue weighted by Crippen LogP contribution is -2.32. The van der Waals surface area contributed by atoms with E-state index in [-0.39, 0.29) is 17.9 Å². The van der Waals surface area contributed by atoms with E-state index in [4.69, 9.17) is 9.47 Å². The summed E-state index contributed by atoms with van der Waals surface area (Å²) in [5, 5.41) is 5.28. The van der Waals surface area contributed by atoms with Gasteiger partial charge in [0.15, 0.2) is 11.5 Å². The average Bonchev–Trinajstić information content (AvgIpc) is 2.49. The van der Waals surface area contributed by atoms with Gasteiger partial charge in [-0.1, -0.05) is 6.07 Å². The number of amides is 2. The molecule has 0 saturated heterocycles. The van der Waals surface area contributed by atoms with Crippen LogP contribution in [0.15, 0.2) is 24.3 Å². The van der Waals surface area contributed by atoms with E-state index in [9.17, 15) is 9.59 Å². The fourth-order valence-electron chi connectivity index (χ4n) is 1.79. The molecule has 6 heteroatoms. The number of methoxy groups -OCH3 is 1. The molecule has 0 heterocycles. The van der Waals surface area contributed by atoms with Crippen molar-refractivity contribution in [3.05, 3.63) is 29.8 Å². The molecule has 0 bridgehead atoms. The van der Waals surface area contributed by atoms with Crippen molar-refractivity contribution in [2.24, 2.45) is 0 Å². The molecule has 1 aromatic rings. The third-order valence-electron chi connectivity index (χ3n) is 2.78. The van der Waals surface area contributed by atoms with Crippen LogP contribution in [0, 0.1) is 0 Å². The minimum Gasteiger partial charge on any atom is -0.493 e. The summed E-state index contributed by atoms with van der Waals surface area (Å²) in [5.41, 5.74) is 0.829. The highest BCUT2D eigenvalue weighted by molar-refractivity contribution is 5.91. The van der Waals surface area contributed by atoms with Crippen LogP contribution in [-0.2, 0) is 9.59 Å². The Morgan fingerprint density at radius 1 is 1.17 bits per heavy atom. The number of hydrogen-bond acceptors (Lipinski definition) is 4. The number of carbonyl (C=O) groups is 2. The summed E-state index contributed by atoms with van der Waals surface area (Å²) in [5.74, 6) is 0.939. The Morgan fingerprint density at radius 3 is 2.48 bits per heavy atom. The zero-order valence-electron chi connectivity index (χ0n) is 14.0. The van der Waals surface area contributed by atoms with Gasteiger partial charge in [0.2, 0.25) is 11.8 Å². The molecule has 0 unspecified atom stereocenters. The molecule has 2 amide bonds. The van der Waals surface area contributed by atoms with Crippen LogP contribution >= 0.6 is 0 Å². The lowest BCUT2D eigenvalue weighted by molar-refractivity contribution is -0.119. The summed E-state index contributed by atoms with van der Waals surface area (Å²) in [6, 6.07) is 5.47. The number of benzene rings is 1. The van der Waals surface area contributed by atoms with Crippen LogP contribution in [0.5, 0.6) is 11.5 Å². The zero-order chi connectivity index (χ0) is 17.2. The molecule has 0 saturated carbocycles. The lowest BCUT2D eigenvalue weighted by atomic mass is 10.2. The largest absolute Gasteiger partial charge is 0.493 e. The van der Waals surface area contributed by atoms with E-state index in [0.717, 1.165) is 5.56 Å². The molecule has 0 fully saturated rings. The molecule has 0 atom stereocenters. The van der Waals surface area contributed by atoms with Crippen LogP contribution in [0.1, 0.15) is 26.3 Å². The maximum absolute atomic E-state index is 11.7. The molecule has 0 aromatic heterocycles. The predicted octanol–water partition coefficient (Wildman–Crippen LogP) is 1.75. The van der Waals surface area contributed by atoms with Gasteiger partial charge in [0, 0.05) is 26.1 Å². The first-order valence-electron chi connectivity index (χ1n) is 7.47. The fourth-order valence-corrected chi connectivity index (χ4v) is 1.79. The summed E-state index contributed by atoms with van der Waals surface area (Å²) in [4.78, 5) is 22.4. The van der Waals surface area contributed by atoms with Gasteiger partial charge >= 0.3 is 0 Å². The predicted molar refractivity (Wildman–Crippen MR) is 89.5 cm³/mol. The Hall–Kier alpha value is -2.50. The van der Waals surface area contributed by atoms with E-state index in [0.29, 0.717) is 24.6 Å². The smallest absolute Gasteiger partial charge is 0.244 e. The van der Waals surface area contributed by atoms with Crippen molar-refractivity contribution in [1.29, 1.82) is 0 Å². The molecular weight excluding hydrogens is 296 g/mol. The summed E-state index contributed by atoms with van der Waals surface area (Å²) < 4.78 is 10.9. The van der Waals surface area contributed by atoms with Gasteiger partial charge in [-0.15, -0.1) is 0 Å². The van der Waals surface area contributed by atoms with Crippen LogP contribution in [0.2, 0.25) is 0 Å². The van der Waals surface area contributed by atoms with E-state index in [1.165, 1.54) is 13.0 Å². The Bertz CT molecular complexity index is 568. The number of nitrogens with one attached hydrogen (secondary N) is 2. The van der Waals surface area contributed by atoms with Crippen molar-refractivity contribution >= 4 is 17.9 Å². The Morgan fingerprint density at radius 2 is 1.87 bits per heavy atom. The first kappa shape index (κ1) is 18.5. The minimum atomic E-state index is -0.225. The topological polar surface area (TPSA) is 76.7 Å². The summed E-state index contributed by atoms with van der Waals surface area (Å²) in [7, 11) is 1.57. The van der Waals surface area contributed by atoms with E-state index >= 15 is 0 Å². The Balaban J connectivity index is 2.58. The van der Waals surface area contributed by atoms with Gasteiger partial charge in [-0.05, 0) is 37.6 Å². The highest BCUT2D eigenvalue weighted by Crippen LogP contribution is 2.29. The van der Waals surface area contributed by atoms with E-state index < -0.39 is 0 Å². The second-order valence-electron chi connectivity index (χ2n) is 5.18. The third-order valence-corrected chi connectivity index (χ3v) is 2.78. The SMILES string of the molecule is COc1cc(/C=C/C(=O)NCCNC(C)=O)ccc1OC(C)C. The van der Waals surface area contributed by atoms with Crippen molar-refractivity contribution in [2.75, 3.05) is 20.2 Å². The number of hydrogen-bond donors (Lipinski definition) is 2. The maximum Gasteiger partial charge on any atom is 0.244 e. The van der Waals surface area contributed by atoms with Crippen molar-refractivity contribution in [3.63, 3.8) is 0 Å². The van der Waals surface area contributed by atoms with Crippen molar-refractivity contribution < 1.29 is 19.1 Å². The quantitative estimate of drug-likeness (QED) is 0.565. The van der Waals surface area contributed by atoms with Crippen molar-refractivity contribution in [2.45, 2.75) is 26.9 Å². The first-order chi connectivity index (χ1) is 10.9. The summed E-state index contributed by atoms with van der Waals surface area (Å²) in [6.45, 7) is 6.11. The second kappa shape index (κ2) is 9.50. The molecule has 126 valence electrons. The van der Waals surface area contributed by atoms with Gasteiger partial charge in [-0.25, -0.2) is 0 Å². The van der Waals surface area contributed by atoms with Crippen LogP contribution in [0.25, 0.3) is 6.08 Å². The Kier molecular flexibility index (Phi) is 7.66. The minimum absolute atomic E-state index is 0.0553. The van der Waals surface area contributed by atoms with E-state index in [2.05, 4.69) is 10.6 Å². The van der Waals surface area contributed by atoms with Gasteiger partial charge < -0.3 is 20.1 Å². The standard InChI is InChI=1S/C17H24N2O4/c1-12(2)23-15-7-5-14(11-16(15)22-4)6-8-17(21)19-10-9-18-13(3)20/h5-8,11-12H,9-10H2,1-4H3,(H,18,20)(H,19,21)/b8-6+. The first-order valence-corrected chi connectivity index (χ1v) is 7.47.